The molecule has 0 spiro atoms. The van der Waals surface area contributed by atoms with Gasteiger partial charge in [-0.15, -0.1) is 0 Å². The van der Waals surface area contributed by atoms with E-state index in [2.05, 4.69) is 31.2 Å². The largest absolute Gasteiger partial charge is 0.311 e. The minimum atomic E-state index is -0.251. The van der Waals surface area contributed by atoms with Crippen molar-refractivity contribution in [2.45, 2.75) is 12.5 Å². The van der Waals surface area contributed by atoms with Crippen LogP contribution in [0, 0.1) is 5.82 Å². The van der Waals surface area contributed by atoms with E-state index in [1.165, 1.54) is 6.07 Å². The Hall–Kier alpha value is -1.33. The summed E-state index contributed by atoms with van der Waals surface area (Å²) in [6.45, 7) is 0. The summed E-state index contributed by atoms with van der Waals surface area (Å²) < 4.78 is 13.6. The molecule has 18 heavy (non-hydrogen) atoms. The van der Waals surface area contributed by atoms with E-state index in [9.17, 15) is 4.39 Å². The number of hydrogen-bond acceptors (Lipinski definition) is 3. The van der Waals surface area contributed by atoms with E-state index in [0.29, 0.717) is 4.47 Å². The maximum atomic E-state index is 13.2. The Morgan fingerprint density at radius 3 is 2.83 bits per heavy atom. The van der Waals surface area contributed by atoms with Gasteiger partial charge in [0.25, 0.3) is 0 Å². The zero-order valence-corrected chi connectivity index (χ0v) is 11.5. The lowest BCUT2D eigenvalue weighted by atomic mass is 10.0. The fourth-order valence-electron chi connectivity index (χ4n) is 1.75. The summed E-state index contributed by atoms with van der Waals surface area (Å²) in [5, 5.41) is 3.19. The first-order valence-corrected chi connectivity index (χ1v) is 6.37. The topological polar surface area (TPSA) is 37.8 Å². The highest BCUT2D eigenvalue weighted by Crippen LogP contribution is 2.21. The maximum absolute atomic E-state index is 13.2. The molecule has 1 heterocycles. The van der Waals surface area contributed by atoms with Crippen LogP contribution in [0.5, 0.6) is 0 Å². The molecule has 0 saturated heterocycles. The van der Waals surface area contributed by atoms with Crippen molar-refractivity contribution >= 4 is 15.9 Å². The molecular weight excluding hydrogens is 297 g/mol. The molecule has 1 aromatic carbocycles. The molecule has 0 aliphatic heterocycles. The Morgan fingerprint density at radius 2 is 2.22 bits per heavy atom. The molecule has 2 rings (SSSR count). The molecule has 0 amide bonds. The first-order valence-electron chi connectivity index (χ1n) is 5.58. The van der Waals surface area contributed by atoms with Crippen LogP contribution in [-0.2, 0) is 6.42 Å². The van der Waals surface area contributed by atoms with E-state index in [-0.39, 0.29) is 11.9 Å². The summed E-state index contributed by atoms with van der Waals surface area (Å²) >= 11 is 3.19. The minimum absolute atomic E-state index is 0.0658. The van der Waals surface area contributed by atoms with Gasteiger partial charge >= 0.3 is 0 Å². The van der Waals surface area contributed by atoms with Crippen LogP contribution in [0.2, 0.25) is 0 Å². The SMILES string of the molecule is CNC(Cc1ccc(F)c(Br)c1)c1cnccn1. The number of likely N-dealkylation sites (N-methyl/N-ethyl adjacent to an activating group) is 1. The third kappa shape index (κ3) is 3.11. The lowest BCUT2D eigenvalue weighted by molar-refractivity contribution is 0.570. The van der Waals surface area contributed by atoms with Crippen LogP contribution in [0.1, 0.15) is 17.3 Å². The van der Waals surface area contributed by atoms with Crippen molar-refractivity contribution in [2.24, 2.45) is 0 Å². The van der Waals surface area contributed by atoms with Gasteiger partial charge in [0, 0.05) is 18.6 Å². The summed E-state index contributed by atoms with van der Waals surface area (Å²) in [4.78, 5) is 8.33. The summed E-state index contributed by atoms with van der Waals surface area (Å²) in [6, 6.07) is 5.09. The standard InChI is InChI=1S/C13H13BrFN3/c1-16-12(13-8-17-4-5-18-13)7-9-2-3-11(15)10(14)6-9/h2-6,8,12,16H,7H2,1H3. The molecule has 0 aliphatic rings. The van der Waals surface area contributed by atoms with Gasteiger partial charge in [-0.1, -0.05) is 6.07 Å². The summed E-state index contributed by atoms with van der Waals surface area (Å²) in [5.74, 6) is -0.251. The Labute approximate surface area is 114 Å². The Balaban J connectivity index is 2.18. The van der Waals surface area contributed by atoms with Crippen molar-refractivity contribution in [3.8, 4) is 0 Å². The van der Waals surface area contributed by atoms with E-state index in [0.717, 1.165) is 17.7 Å². The third-order valence-corrected chi connectivity index (χ3v) is 3.32. The minimum Gasteiger partial charge on any atom is -0.311 e. The Morgan fingerprint density at radius 1 is 1.39 bits per heavy atom. The molecule has 5 heteroatoms. The van der Waals surface area contributed by atoms with Crippen LogP contribution in [-0.4, -0.2) is 17.0 Å². The molecule has 0 saturated carbocycles. The van der Waals surface area contributed by atoms with Gasteiger partial charge in [-0.05, 0) is 47.1 Å². The van der Waals surface area contributed by atoms with Gasteiger partial charge in [-0.2, -0.15) is 0 Å². The number of rotatable bonds is 4. The molecule has 1 aromatic heterocycles. The number of benzene rings is 1. The number of hydrogen-bond donors (Lipinski definition) is 1. The zero-order valence-electron chi connectivity index (χ0n) is 9.90. The fraction of sp³-hybridized carbons (Fsp3) is 0.231. The van der Waals surface area contributed by atoms with Crippen LogP contribution in [0.25, 0.3) is 0 Å². The van der Waals surface area contributed by atoms with Crippen LogP contribution in [0.3, 0.4) is 0 Å². The van der Waals surface area contributed by atoms with Gasteiger partial charge in [-0.3, -0.25) is 9.97 Å². The van der Waals surface area contributed by atoms with Gasteiger partial charge in [-0.25, -0.2) is 4.39 Å². The van der Waals surface area contributed by atoms with Gasteiger partial charge in [0.2, 0.25) is 0 Å². The van der Waals surface area contributed by atoms with Gasteiger partial charge in [0.1, 0.15) is 5.82 Å². The van der Waals surface area contributed by atoms with E-state index in [1.807, 2.05) is 7.05 Å². The normalized spacial score (nSPS) is 12.4. The molecule has 3 nitrogen and oxygen atoms in total. The first kappa shape index (κ1) is 13.1. The van der Waals surface area contributed by atoms with Crippen molar-refractivity contribution in [2.75, 3.05) is 7.05 Å². The Kier molecular flexibility index (Phi) is 4.38. The van der Waals surface area contributed by atoms with Crippen LogP contribution in [0.15, 0.2) is 41.3 Å². The van der Waals surface area contributed by atoms with E-state index in [1.54, 1.807) is 30.7 Å². The molecule has 0 fully saturated rings. The molecule has 0 aliphatic carbocycles. The van der Waals surface area contributed by atoms with Crippen molar-refractivity contribution in [1.29, 1.82) is 0 Å². The zero-order chi connectivity index (χ0) is 13.0. The second-order valence-electron chi connectivity index (χ2n) is 3.92. The van der Waals surface area contributed by atoms with Crippen LogP contribution >= 0.6 is 15.9 Å². The molecule has 0 bridgehead atoms. The third-order valence-electron chi connectivity index (χ3n) is 2.71. The number of halogens is 2. The maximum Gasteiger partial charge on any atom is 0.137 e. The summed E-state index contributed by atoms with van der Waals surface area (Å²) in [6.07, 6.45) is 5.78. The number of nitrogens with one attached hydrogen (secondary N) is 1. The van der Waals surface area contributed by atoms with E-state index in [4.69, 9.17) is 0 Å². The number of aromatic nitrogens is 2. The van der Waals surface area contributed by atoms with Crippen LogP contribution < -0.4 is 5.32 Å². The molecule has 1 N–H and O–H groups in total. The average Bonchev–Trinajstić information content (AvgIpc) is 2.41. The van der Waals surface area contributed by atoms with Crippen molar-refractivity contribution < 1.29 is 4.39 Å². The molecule has 94 valence electrons. The van der Waals surface area contributed by atoms with Crippen molar-refractivity contribution in [3.63, 3.8) is 0 Å². The second-order valence-corrected chi connectivity index (χ2v) is 4.78. The molecule has 2 aromatic rings. The van der Waals surface area contributed by atoms with E-state index < -0.39 is 0 Å². The quantitative estimate of drug-likeness (QED) is 0.943. The van der Waals surface area contributed by atoms with Crippen molar-refractivity contribution in [1.82, 2.24) is 15.3 Å². The highest BCUT2D eigenvalue weighted by Gasteiger charge is 2.12. The Bertz CT molecular complexity index is 519. The van der Waals surface area contributed by atoms with Crippen LogP contribution in [0.4, 0.5) is 4.39 Å². The lowest BCUT2D eigenvalue weighted by Crippen LogP contribution is -2.20. The lowest BCUT2D eigenvalue weighted by Gasteiger charge is -2.15. The monoisotopic (exact) mass is 309 g/mol. The van der Waals surface area contributed by atoms with E-state index >= 15 is 0 Å². The predicted molar refractivity (Wildman–Crippen MR) is 71.6 cm³/mol. The predicted octanol–water partition coefficient (Wildman–Crippen LogP) is 2.88. The molecule has 1 atom stereocenters. The average molecular weight is 310 g/mol. The van der Waals surface area contributed by atoms with Gasteiger partial charge < -0.3 is 5.32 Å². The highest BCUT2D eigenvalue weighted by atomic mass is 79.9. The summed E-state index contributed by atoms with van der Waals surface area (Å²) in [5.41, 5.74) is 1.91. The fourth-order valence-corrected chi connectivity index (χ4v) is 2.17. The van der Waals surface area contributed by atoms with Crippen molar-refractivity contribution in [3.05, 3.63) is 58.3 Å². The van der Waals surface area contributed by atoms with Gasteiger partial charge in [0.15, 0.2) is 0 Å². The number of nitrogens with zero attached hydrogens (tertiary/aromatic N) is 2. The summed E-state index contributed by atoms with van der Waals surface area (Å²) in [7, 11) is 1.87. The molecular formula is C13H13BrFN3. The first-order chi connectivity index (χ1) is 8.70. The second kappa shape index (κ2) is 6.02. The smallest absolute Gasteiger partial charge is 0.137 e. The molecule has 1 unspecified atom stereocenters. The molecule has 0 radical (unpaired) electrons. The highest BCUT2D eigenvalue weighted by molar-refractivity contribution is 9.10. The van der Waals surface area contributed by atoms with Gasteiger partial charge in [0.05, 0.1) is 16.2 Å².